The fourth-order valence-corrected chi connectivity index (χ4v) is 6.20. The van der Waals surface area contributed by atoms with Crippen LogP contribution in [0, 0.1) is 0 Å². The van der Waals surface area contributed by atoms with Gasteiger partial charge in [0, 0.05) is 43.9 Å². The topological polar surface area (TPSA) is 53.5 Å². The number of carbonyl (C=O) groups is 2. The van der Waals surface area contributed by atoms with E-state index in [4.69, 9.17) is 0 Å². The largest absolute Gasteiger partial charge is 0.416 e. The quantitative estimate of drug-likeness (QED) is 0.113. The first-order valence-corrected chi connectivity index (χ1v) is 16.5. The zero-order chi connectivity index (χ0) is 36.9. The van der Waals surface area contributed by atoms with Gasteiger partial charge in [-0.15, -0.1) is 0 Å². The molecule has 6 rings (SSSR count). The minimum Gasteiger partial charge on any atom is -0.336 e. The molecule has 0 aliphatic carbocycles. The maximum atomic E-state index is 14.5. The molecule has 266 valence electrons. The Labute approximate surface area is 296 Å². The normalized spacial score (nSPS) is 13.8. The second-order valence-corrected chi connectivity index (χ2v) is 12.5. The van der Waals surface area contributed by atoms with Crippen LogP contribution in [0.3, 0.4) is 0 Å². The number of alkyl halides is 6. The summed E-state index contributed by atoms with van der Waals surface area (Å²) in [6.07, 6.45) is -4.33. The number of nitrogens with zero attached hydrogens (tertiary/aromatic N) is 3. The molecule has 1 aromatic heterocycles. The lowest BCUT2D eigenvalue weighted by molar-refractivity contribution is -0.144. The Bertz CT molecular complexity index is 2030. The Kier molecular flexibility index (Phi) is 10.6. The van der Waals surface area contributed by atoms with E-state index in [1.807, 2.05) is 54.6 Å². The van der Waals surface area contributed by atoms with Crippen molar-refractivity contribution in [2.75, 3.05) is 6.54 Å². The van der Waals surface area contributed by atoms with Crippen molar-refractivity contribution in [3.63, 3.8) is 0 Å². The molecule has 11 heteroatoms. The van der Waals surface area contributed by atoms with Crippen molar-refractivity contribution < 1.29 is 35.9 Å². The predicted octanol–water partition coefficient (Wildman–Crippen LogP) is 9.02. The van der Waals surface area contributed by atoms with Crippen LogP contribution >= 0.6 is 0 Å². The molecule has 0 radical (unpaired) electrons. The molecule has 4 aromatic carbocycles. The van der Waals surface area contributed by atoms with Crippen LogP contribution in [0.2, 0.25) is 0 Å². The highest BCUT2D eigenvalue weighted by molar-refractivity contribution is 5.96. The van der Waals surface area contributed by atoms with Gasteiger partial charge < -0.3 is 9.80 Å². The van der Waals surface area contributed by atoms with E-state index < -0.39 is 41.3 Å². The third-order valence-corrected chi connectivity index (χ3v) is 9.00. The Balaban J connectivity index is 1.35. The molecule has 0 unspecified atom stereocenters. The van der Waals surface area contributed by atoms with Crippen LogP contribution < -0.4 is 0 Å². The van der Waals surface area contributed by atoms with E-state index >= 15 is 0 Å². The van der Waals surface area contributed by atoms with Crippen LogP contribution in [0.15, 0.2) is 128 Å². The third kappa shape index (κ3) is 8.77. The van der Waals surface area contributed by atoms with Crippen molar-refractivity contribution in [3.8, 4) is 11.3 Å². The number of fused-ring (bicyclic) bond motifs is 1. The van der Waals surface area contributed by atoms with Crippen LogP contribution in [0.5, 0.6) is 0 Å². The smallest absolute Gasteiger partial charge is 0.336 e. The van der Waals surface area contributed by atoms with Gasteiger partial charge in [0.05, 0.1) is 16.8 Å². The minimum atomic E-state index is -4.55. The highest BCUT2D eigenvalue weighted by atomic mass is 19.4. The monoisotopic (exact) mass is 713 g/mol. The molecule has 0 saturated carbocycles. The summed E-state index contributed by atoms with van der Waals surface area (Å²) in [5.41, 5.74) is 2.86. The third-order valence-electron chi connectivity index (χ3n) is 9.00. The number of rotatable bonds is 9. The second kappa shape index (κ2) is 15.3. The van der Waals surface area contributed by atoms with E-state index in [1.165, 1.54) is 40.2 Å². The molecular formula is C41H33F6N3O2. The number of carbonyl (C=O) groups excluding carboxylic acids is 2. The number of amides is 2. The van der Waals surface area contributed by atoms with Gasteiger partial charge in [-0.2, -0.15) is 26.3 Å². The standard InChI is InChI=1S/C41H33F6N3O2/c42-40(43,44)34-17-11-28(12-18-34)13-20-38(51)50(26-30-9-14-32(15-10-30)36-8-4-5-22-48-36)37(24-29-6-2-1-3-7-29)39(52)49-23-21-31-16-19-35(41(45,46)47)25-33(31)27-49/h1-20,22,25,37H,21,23-24,26-27H2/b20-13+/t37-/m0/s1. The van der Waals surface area contributed by atoms with Gasteiger partial charge in [0.2, 0.25) is 11.8 Å². The Morgan fingerprint density at radius 3 is 2.08 bits per heavy atom. The van der Waals surface area contributed by atoms with Gasteiger partial charge in [-0.05, 0) is 76.7 Å². The van der Waals surface area contributed by atoms with E-state index in [0.29, 0.717) is 23.1 Å². The molecule has 5 aromatic rings. The SMILES string of the molecule is O=C([C@H](Cc1ccccc1)N(Cc1ccc(-c2ccccn2)cc1)C(=O)/C=C/c1ccc(C(F)(F)F)cc1)N1CCc2ccc(C(F)(F)F)cc2C1. The summed E-state index contributed by atoms with van der Waals surface area (Å²) in [6, 6.07) is 28.8. The molecule has 5 nitrogen and oxygen atoms in total. The second-order valence-electron chi connectivity index (χ2n) is 12.5. The van der Waals surface area contributed by atoms with Crippen molar-refractivity contribution in [1.29, 1.82) is 0 Å². The number of halogens is 6. The highest BCUT2D eigenvalue weighted by Gasteiger charge is 2.36. The first kappa shape index (κ1) is 36.1. The van der Waals surface area contributed by atoms with Gasteiger partial charge >= 0.3 is 12.4 Å². The molecule has 52 heavy (non-hydrogen) atoms. The molecule has 1 aliphatic heterocycles. The van der Waals surface area contributed by atoms with Gasteiger partial charge in [-0.1, -0.05) is 78.9 Å². The van der Waals surface area contributed by atoms with Crippen molar-refractivity contribution in [1.82, 2.24) is 14.8 Å². The van der Waals surface area contributed by atoms with Gasteiger partial charge in [-0.3, -0.25) is 14.6 Å². The number of hydrogen-bond acceptors (Lipinski definition) is 3. The molecule has 2 amide bonds. The Morgan fingerprint density at radius 1 is 0.750 bits per heavy atom. The van der Waals surface area contributed by atoms with E-state index in [-0.39, 0.29) is 26.1 Å². The number of hydrogen-bond donors (Lipinski definition) is 0. The Hall–Kier alpha value is -5.71. The average molecular weight is 714 g/mol. The number of pyridine rings is 1. The van der Waals surface area contributed by atoms with E-state index in [0.717, 1.165) is 46.6 Å². The molecule has 0 saturated heterocycles. The average Bonchev–Trinajstić information content (AvgIpc) is 3.15. The summed E-state index contributed by atoms with van der Waals surface area (Å²) in [4.78, 5) is 36.0. The van der Waals surface area contributed by atoms with Crippen molar-refractivity contribution in [2.45, 2.75) is 44.3 Å². The van der Waals surface area contributed by atoms with Crippen molar-refractivity contribution in [2.24, 2.45) is 0 Å². The van der Waals surface area contributed by atoms with Crippen LogP contribution in [0.1, 0.15) is 38.9 Å². The first-order valence-electron chi connectivity index (χ1n) is 16.5. The maximum Gasteiger partial charge on any atom is 0.416 e. The lowest BCUT2D eigenvalue weighted by Crippen LogP contribution is -2.52. The van der Waals surface area contributed by atoms with Crippen molar-refractivity contribution >= 4 is 17.9 Å². The number of benzene rings is 4. The molecule has 0 bridgehead atoms. The summed E-state index contributed by atoms with van der Waals surface area (Å²) in [5.74, 6) is -1.01. The van der Waals surface area contributed by atoms with E-state index in [1.54, 1.807) is 24.4 Å². The molecule has 0 N–H and O–H groups in total. The molecule has 2 heterocycles. The molecule has 0 fully saturated rings. The van der Waals surface area contributed by atoms with Crippen LogP contribution in [0.4, 0.5) is 26.3 Å². The van der Waals surface area contributed by atoms with Gasteiger partial charge in [-0.25, -0.2) is 0 Å². The summed E-state index contributed by atoms with van der Waals surface area (Å²) >= 11 is 0. The summed E-state index contributed by atoms with van der Waals surface area (Å²) in [5, 5.41) is 0. The zero-order valence-electron chi connectivity index (χ0n) is 27.7. The van der Waals surface area contributed by atoms with Crippen LogP contribution in [0.25, 0.3) is 17.3 Å². The molecule has 1 atom stereocenters. The number of aromatic nitrogens is 1. The maximum absolute atomic E-state index is 14.5. The Morgan fingerprint density at radius 2 is 1.42 bits per heavy atom. The summed E-state index contributed by atoms with van der Waals surface area (Å²) in [7, 11) is 0. The highest BCUT2D eigenvalue weighted by Crippen LogP contribution is 2.33. The fraction of sp³-hybridized carbons (Fsp3) is 0.195. The summed E-state index contributed by atoms with van der Waals surface area (Å²) in [6.45, 7) is 0.167. The van der Waals surface area contributed by atoms with Gasteiger partial charge in [0.15, 0.2) is 0 Å². The minimum absolute atomic E-state index is 0.00935. The lowest BCUT2D eigenvalue weighted by atomic mass is 9.95. The van der Waals surface area contributed by atoms with Gasteiger partial charge in [0.25, 0.3) is 0 Å². The van der Waals surface area contributed by atoms with Gasteiger partial charge in [0.1, 0.15) is 6.04 Å². The van der Waals surface area contributed by atoms with E-state index in [2.05, 4.69) is 4.98 Å². The van der Waals surface area contributed by atoms with E-state index in [9.17, 15) is 35.9 Å². The fourth-order valence-electron chi connectivity index (χ4n) is 6.20. The van der Waals surface area contributed by atoms with Crippen LogP contribution in [-0.4, -0.2) is 39.2 Å². The molecule has 0 spiro atoms. The van der Waals surface area contributed by atoms with Crippen LogP contribution in [-0.2, 0) is 47.9 Å². The first-order chi connectivity index (χ1) is 24.8. The summed E-state index contributed by atoms with van der Waals surface area (Å²) < 4.78 is 80.2. The molecule has 1 aliphatic rings. The predicted molar refractivity (Wildman–Crippen MR) is 185 cm³/mol. The van der Waals surface area contributed by atoms with Crippen molar-refractivity contribution in [3.05, 3.63) is 166 Å². The zero-order valence-corrected chi connectivity index (χ0v) is 27.7. The lowest BCUT2D eigenvalue weighted by Gasteiger charge is -2.37. The molecular weight excluding hydrogens is 680 g/mol.